The highest BCUT2D eigenvalue weighted by Gasteiger charge is 2.18. The predicted octanol–water partition coefficient (Wildman–Crippen LogP) is 12.6. The maximum absolute atomic E-state index is 9.90. The fourth-order valence-electron chi connectivity index (χ4n) is 7.07. The van der Waals surface area contributed by atoms with Gasteiger partial charge in [-0.2, -0.15) is 0 Å². The molecule has 3 heterocycles. The highest BCUT2D eigenvalue weighted by Crippen LogP contribution is 2.40. The van der Waals surface area contributed by atoms with Gasteiger partial charge in [-0.1, -0.05) is 103 Å². The molecule has 3 aromatic heterocycles. The molecule has 11 rings (SSSR count). The van der Waals surface area contributed by atoms with Gasteiger partial charge in [0.2, 0.25) is 0 Å². The van der Waals surface area contributed by atoms with E-state index in [2.05, 4.69) is 4.57 Å². The number of benzene rings is 8. The molecule has 11 aromatic rings. The van der Waals surface area contributed by atoms with Crippen molar-refractivity contribution in [3.8, 4) is 28.2 Å². The first-order valence-electron chi connectivity index (χ1n) is 25.5. The highest BCUT2D eigenvalue weighted by atomic mass is 15.0. The number of aromatic nitrogens is 3. The molecule has 0 fully saturated rings. The zero-order valence-electron chi connectivity index (χ0n) is 45.3. The van der Waals surface area contributed by atoms with E-state index in [1.54, 1.807) is 12.1 Å². The van der Waals surface area contributed by atoms with E-state index in [9.17, 15) is 11.0 Å². The molecule has 51 heavy (non-hydrogen) atoms. The normalized spacial score (nSPS) is 17.1. The quantitative estimate of drug-likeness (QED) is 0.177. The molecule has 0 radical (unpaired) electrons. The van der Waals surface area contributed by atoms with Crippen LogP contribution in [-0.2, 0) is 0 Å². The average Bonchev–Trinajstić information content (AvgIpc) is 4.02. The van der Waals surface area contributed by atoms with Crippen LogP contribution in [0.25, 0.3) is 93.6 Å². The van der Waals surface area contributed by atoms with Crippen molar-refractivity contribution in [1.29, 1.82) is 0 Å². The van der Waals surface area contributed by atoms with Crippen LogP contribution in [0.5, 0.6) is 0 Å². The van der Waals surface area contributed by atoms with E-state index >= 15 is 0 Å². The van der Waals surface area contributed by atoms with Crippen LogP contribution in [0.2, 0.25) is 0 Å². The van der Waals surface area contributed by atoms with Gasteiger partial charge >= 0.3 is 0 Å². The minimum atomic E-state index is -0.851. The Hall–Kier alpha value is -6.84. The van der Waals surface area contributed by atoms with Crippen molar-refractivity contribution in [1.82, 2.24) is 13.7 Å². The van der Waals surface area contributed by atoms with Gasteiger partial charge < -0.3 is 13.7 Å². The third-order valence-corrected chi connectivity index (χ3v) is 9.20. The molecule has 0 aliphatic carbocycles. The molecular formula is C48H31N3. The second-order valence-electron chi connectivity index (χ2n) is 11.9. The summed E-state index contributed by atoms with van der Waals surface area (Å²) < 4.78 is 176. The Morgan fingerprint density at radius 2 is 0.843 bits per heavy atom. The summed E-state index contributed by atoms with van der Waals surface area (Å²) in [5.41, 5.74) is -0.212. The summed E-state index contributed by atoms with van der Waals surface area (Å²) in [7, 11) is 0. The maximum Gasteiger partial charge on any atom is 0.0645 e. The minimum absolute atomic E-state index is 0.128. The Labute approximate surface area is 321 Å². The van der Waals surface area contributed by atoms with Crippen molar-refractivity contribution in [2.75, 3.05) is 0 Å². The van der Waals surface area contributed by atoms with E-state index in [-0.39, 0.29) is 21.8 Å². The molecule has 0 N–H and O–H groups in total. The summed E-state index contributed by atoms with van der Waals surface area (Å²) in [5, 5.41) is 0.272. The van der Waals surface area contributed by atoms with Crippen LogP contribution in [0.1, 0.15) is 26.0 Å². The Morgan fingerprint density at radius 1 is 0.314 bits per heavy atom. The SMILES string of the molecule is [2H]c1c([2H])c([2H])c(-n2c3c([2H])c([2H])c([2H])c([2H])c3c3c([2H])c(-c4c([2H])c([2H])c5c(c4[2H])c4c([2H])c([2H])c([2H])c([2H])c4n5-c4ccc5c(c4)c4ccccc4n5-c4ccccc4)c([2H])c([2H])c32)c([2H])c1[2H]. The third-order valence-electron chi connectivity index (χ3n) is 9.20. The van der Waals surface area contributed by atoms with E-state index in [1.165, 1.54) is 4.57 Å². The summed E-state index contributed by atoms with van der Waals surface area (Å²) >= 11 is 0. The van der Waals surface area contributed by atoms with Crippen LogP contribution in [0.4, 0.5) is 0 Å². The van der Waals surface area contributed by atoms with Gasteiger partial charge in [-0.3, -0.25) is 0 Å². The van der Waals surface area contributed by atoms with Crippen LogP contribution in [0, 0.1) is 0 Å². The smallest absolute Gasteiger partial charge is 0.0645 e. The third kappa shape index (κ3) is 4.12. The highest BCUT2D eigenvalue weighted by molar-refractivity contribution is 6.14. The number of hydrogen-bond donors (Lipinski definition) is 0. The van der Waals surface area contributed by atoms with Gasteiger partial charge in [0.15, 0.2) is 0 Å². The second-order valence-corrected chi connectivity index (χ2v) is 11.9. The number of hydrogen-bond acceptors (Lipinski definition) is 0. The van der Waals surface area contributed by atoms with Crippen LogP contribution < -0.4 is 0 Å². The fraction of sp³-hybridized carbons (Fsp3) is 0. The summed E-state index contributed by atoms with van der Waals surface area (Å²) in [6.45, 7) is 0. The minimum Gasteiger partial charge on any atom is -0.309 e. The van der Waals surface area contributed by atoms with Gasteiger partial charge in [0.1, 0.15) is 0 Å². The summed E-state index contributed by atoms with van der Waals surface area (Å²) in [6.07, 6.45) is 0. The predicted molar refractivity (Wildman–Crippen MR) is 215 cm³/mol. The van der Waals surface area contributed by atoms with Crippen LogP contribution in [0.15, 0.2) is 188 Å². The summed E-state index contributed by atoms with van der Waals surface area (Å²) in [6, 6.07) is 8.81. The van der Waals surface area contributed by atoms with E-state index in [0.29, 0.717) is 5.69 Å². The summed E-state index contributed by atoms with van der Waals surface area (Å²) in [4.78, 5) is 0. The lowest BCUT2D eigenvalue weighted by atomic mass is 10.0. The van der Waals surface area contributed by atoms with Crippen LogP contribution in [0.3, 0.4) is 0 Å². The van der Waals surface area contributed by atoms with Crippen molar-refractivity contribution in [2.24, 2.45) is 0 Å². The van der Waals surface area contributed by atoms with Crippen LogP contribution >= 0.6 is 0 Å². The molecule has 3 nitrogen and oxygen atoms in total. The lowest BCUT2D eigenvalue weighted by Crippen LogP contribution is -1.95. The zero-order valence-corrected chi connectivity index (χ0v) is 26.3. The summed E-state index contributed by atoms with van der Waals surface area (Å²) in [5.74, 6) is 0. The van der Waals surface area contributed by atoms with Crippen molar-refractivity contribution in [2.45, 2.75) is 0 Å². The van der Waals surface area contributed by atoms with Crippen LogP contribution in [-0.4, -0.2) is 13.7 Å². The first-order valence-corrected chi connectivity index (χ1v) is 16.0. The standard InChI is InChI=1S/C48H31N3/c1-3-13-34(14-4-1)49-43-20-10-7-17-37(43)40-29-32(23-26-46(40)49)33-24-27-47-41(30-33)38-18-8-12-22-45(38)51(47)36-25-28-48-42(31-36)39-19-9-11-21-44(39)50(48)35-15-5-2-6-16-35/h1-31H/i1D,3D,4D,7D,8D,10D,12D,13D,14D,17D,18D,20D,22D,23D,24D,26D,27D,29D,30D. The number of rotatable bonds is 4. The Bertz CT molecular complexity index is 4200. The molecule has 0 spiro atoms. The average molecular weight is 669 g/mol. The Kier molecular flexibility index (Phi) is 3.26. The largest absolute Gasteiger partial charge is 0.309 e. The van der Waals surface area contributed by atoms with Gasteiger partial charge in [-0.15, -0.1) is 0 Å². The molecule has 238 valence electrons. The molecule has 0 amide bonds. The molecule has 0 atom stereocenters. The number of para-hydroxylation sites is 5. The number of nitrogens with zero attached hydrogens (tertiary/aromatic N) is 3. The lowest BCUT2D eigenvalue weighted by molar-refractivity contribution is 1.17. The van der Waals surface area contributed by atoms with Gasteiger partial charge in [-0.25, -0.2) is 0 Å². The first kappa shape index (κ1) is 15.4. The molecule has 0 saturated heterocycles. The van der Waals surface area contributed by atoms with Crippen molar-refractivity contribution in [3.05, 3.63) is 188 Å². The second kappa shape index (κ2) is 10.8. The Balaban J connectivity index is 1.29. The van der Waals surface area contributed by atoms with Gasteiger partial charge in [0.05, 0.1) is 59.1 Å². The number of fused-ring (bicyclic) bond motifs is 9. The molecule has 0 unspecified atom stereocenters. The molecule has 0 aliphatic heterocycles. The van der Waals surface area contributed by atoms with Gasteiger partial charge in [0.25, 0.3) is 0 Å². The molecule has 0 aliphatic rings. The molecule has 8 aromatic carbocycles. The van der Waals surface area contributed by atoms with Crippen molar-refractivity contribution in [3.63, 3.8) is 0 Å². The zero-order chi connectivity index (χ0) is 50.0. The molecule has 0 saturated carbocycles. The molecule has 0 bridgehead atoms. The monoisotopic (exact) mass is 668 g/mol. The van der Waals surface area contributed by atoms with Gasteiger partial charge in [-0.05, 0) is 95.9 Å². The fourth-order valence-corrected chi connectivity index (χ4v) is 7.07. The van der Waals surface area contributed by atoms with Crippen molar-refractivity contribution < 1.29 is 26.0 Å². The van der Waals surface area contributed by atoms with Gasteiger partial charge in [0, 0.05) is 49.4 Å². The van der Waals surface area contributed by atoms with E-state index in [4.69, 9.17) is 15.1 Å². The molecular weight excluding hydrogens is 619 g/mol. The van der Waals surface area contributed by atoms with E-state index < -0.39 is 153 Å². The van der Waals surface area contributed by atoms with Crippen molar-refractivity contribution >= 4 is 65.4 Å². The topological polar surface area (TPSA) is 14.8 Å². The lowest BCUT2D eigenvalue weighted by Gasteiger charge is -2.11. The Morgan fingerprint density at radius 3 is 1.53 bits per heavy atom. The first-order chi connectivity index (χ1) is 33.2. The molecule has 3 heteroatoms. The maximum atomic E-state index is 9.90. The van der Waals surface area contributed by atoms with E-state index in [1.807, 2.05) is 60.7 Å². The van der Waals surface area contributed by atoms with E-state index in [0.717, 1.165) is 32.1 Å².